The molecule has 0 saturated heterocycles. The highest BCUT2D eigenvalue weighted by molar-refractivity contribution is 5.83. The average Bonchev–Trinajstić information content (AvgIpc) is 3.47. The van der Waals surface area contributed by atoms with Gasteiger partial charge in [0.1, 0.15) is 12.1 Å². The number of carbonyl (C=O) groups is 1. The first kappa shape index (κ1) is 20.2. The summed E-state index contributed by atoms with van der Waals surface area (Å²) < 4.78 is 40.9. The summed E-state index contributed by atoms with van der Waals surface area (Å²) >= 11 is 0. The molecule has 9 heteroatoms. The van der Waals surface area contributed by atoms with Gasteiger partial charge >= 0.3 is 6.18 Å². The lowest BCUT2D eigenvalue weighted by molar-refractivity contribution is -0.137. The fourth-order valence-electron chi connectivity index (χ4n) is 3.67. The maximum Gasteiger partial charge on any atom is 0.416 e. The molecule has 0 bridgehead atoms. The minimum absolute atomic E-state index is 0.274. The molecule has 1 fully saturated rings. The molecule has 1 aromatic carbocycles. The van der Waals surface area contributed by atoms with Crippen LogP contribution in [0.1, 0.15) is 48.4 Å². The summed E-state index contributed by atoms with van der Waals surface area (Å²) in [5.74, 6) is 0.0200. The molecule has 1 unspecified atom stereocenters. The predicted octanol–water partition coefficient (Wildman–Crippen LogP) is 3.51. The summed E-state index contributed by atoms with van der Waals surface area (Å²) in [6, 6.07) is 4.09. The van der Waals surface area contributed by atoms with E-state index in [0.29, 0.717) is 17.0 Å². The average molecular weight is 418 g/mol. The summed E-state index contributed by atoms with van der Waals surface area (Å²) in [6.45, 7) is 1.39. The molecule has 1 aliphatic carbocycles. The molecule has 1 saturated carbocycles. The number of carbonyl (C=O) groups excluding carboxylic acids is 1. The Morgan fingerprint density at radius 2 is 1.93 bits per heavy atom. The molecule has 6 nitrogen and oxygen atoms in total. The number of hydrogen-bond acceptors (Lipinski definition) is 3. The van der Waals surface area contributed by atoms with Gasteiger partial charge in [0.05, 0.1) is 17.8 Å². The fraction of sp³-hybridized carbons (Fsp3) is 0.381. The molecule has 0 aliphatic heterocycles. The molecule has 3 aromatic rings. The normalized spacial score (nSPS) is 15.4. The van der Waals surface area contributed by atoms with Crippen molar-refractivity contribution in [2.45, 2.75) is 44.4 Å². The van der Waals surface area contributed by atoms with E-state index >= 15 is 0 Å². The summed E-state index contributed by atoms with van der Waals surface area (Å²) in [4.78, 5) is 25.2. The largest absolute Gasteiger partial charge is 0.416 e. The van der Waals surface area contributed by atoms with Gasteiger partial charge in [0.25, 0.3) is 5.56 Å². The maximum absolute atomic E-state index is 12.8. The van der Waals surface area contributed by atoms with E-state index in [1.807, 2.05) is 6.20 Å². The van der Waals surface area contributed by atoms with E-state index in [1.54, 1.807) is 24.7 Å². The van der Waals surface area contributed by atoms with Gasteiger partial charge in [-0.1, -0.05) is 12.1 Å². The second kappa shape index (κ2) is 7.30. The van der Waals surface area contributed by atoms with Gasteiger partial charge in [-0.05, 0) is 48.9 Å². The minimum Gasteiger partial charge on any atom is -0.348 e. The minimum atomic E-state index is -4.41. The van der Waals surface area contributed by atoms with Gasteiger partial charge in [-0.25, -0.2) is 4.68 Å². The molecule has 4 rings (SSSR count). The van der Waals surface area contributed by atoms with E-state index in [4.69, 9.17) is 0 Å². The van der Waals surface area contributed by atoms with Crippen molar-refractivity contribution in [2.24, 2.45) is 7.05 Å². The summed E-state index contributed by atoms with van der Waals surface area (Å²) in [6.07, 6.45) is 1.37. The summed E-state index contributed by atoms with van der Waals surface area (Å²) in [5.41, 5.74) is 1.06. The van der Waals surface area contributed by atoms with Crippen molar-refractivity contribution in [1.29, 1.82) is 0 Å². The number of aromatic nitrogens is 3. The molecule has 2 heterocycles. The van der Waals surface area contributed by atoms with Gasteiger partial charge < -0.3 is 9.88 Å². The van der Waals surface area contributed by atoms with Crippen LogP contribution in [-0.2, 0) is 24.6 Å². The van der Waals surface area contributed by atoms with Gasteiger partial charge in [0, 0.05) is 18.6 Å². The third kappa shape index (κ3) is 3.83. The highest BCUT2D eigenvalue weighted by Crippen LogP contribution is 2.43. The van der Waals surface area contributed by atoms with Crippen molar-refractivity contribution in [1.82, 2.24) is 19.7 Å². The Labute approximate surface area is 170 Å². The Kier molecular flexibility index (Phi) is 4.91. The Bertz CT molecular complexity index is 1160. The van der Waals surface area contributed by atoms with Gasteiger partial charge in [-0.2, -0.15) is 18.3 Å². The quantitative estimate of drug-likeness (QED) is 0.690. The predicted molar refractivity (Wildman–Crippen MR) is 105 cm³/mol. The van der Waals surface area contributed by atoms with Crippen LogP contribution in [0.15, 0.2) is 41.5 Å². The van der Waals surface area contributed by atoms with Crippen LogP contribution in [0.2, 0.25) is 0 Å². The number of benzene rings is 1. The third-order valence-electron chi connectivity index (χ3n) is 5.44. The number of nitrogens with one attached hydrogen (secondary N) is 1. The lowest BCUT2D eigenvalue weighted by Crippen LogP contribution is -2.35. The van der Waals surface area contributed by atoms with Crippen molar-refractivity contribution in [3.05, 3.63) is 63.7 Å². The van der Waals surface area contributed by atoms with Crippen molar-refractivity contribution in [3.63, 3.8) is 0 Å². The smallest absolute Gasteiger partial charge is 0.348 e. The topological polar surface area (TPSA) is 68.9 Å². The van der Waals surface area contributed by atoms with Gasteiger partial charge in [0.15, 0.2) is 0 Å². The van der Waals surface area contributed by atoms with Crippen LogP contribution >= 0.6 is 0 Å². The Balaban J connectivity index is 1.48. The molecule has 0 radical (unpaired) electrons. The van der Waals surface area contributed by atoms with Crippen LogP contribution in [0, 0.1) is 0 Å². The zero-order chi connectivity index (χ0) is 21.6. The van der Waals surface area contributed by atoms with Crippen LogP contribution in [0.4, 0.5) is 13.2 Å². The highest BCUT2D eigenvalue weighted by Gasteiger charge is 2.30. The van der Waals surface area contributed by atoms with E-state index in [0.717, 1.165) is 40.6 Å². The molecule has 2 aromatic heterocycles. The first-order valence-electron chi connectivity index (χ1n) is 9.66. The number of amides is 1. The number of nitrogens with zero attached hydrogens (tertiary/aromatic N) is 3. The van der Waals surface area contributed by atoms with Crippen LogP contribution in [0.3, 0.4) is 0 Å². The number of rotatable bonds is 5. The van der Waals surface area contributed by atoms with Crippen LogP contribution in [0.25, 0.3) is 10.9 Å². The summed E-state index contributed by atoms with van der Waals surface area (Å²) in [7, 11) is 1.80. The zero-order valence-electron chi connectivity index (χ0n) is 16.5. The Morgan fingerprint density at radius 3 is 2.53 bits per heavy atom. The maximum atomic E-state index is 12.8. The SMILES string of the molecule is CC(NC(=O)Cn1ncc2c(C3CC3)cn(C)c2c1=O)c1ccc(C(F)(F)F)cc1. The van der Waals surface area contributed by atoms with E-state index in [1.165, 1.54) is 12.1 Å². The van der Waals surface area contributed by atoms with Gasteiger partial charge in [-0.15, -0.1) is 0 Å². The standard InChI is InChI=1S/C21H21F3N4O2/c1-12(13-5-7-15(8-6-13)21(22,23)24)26-18(29)11-28-20(30)19-16(9-25-28)17(10-27(19)2)14-3-4-14/h5-10,12,14H,3-4,11H2,1-2H3,(H,26,29). The lowest BCUT2D eigenvalue weighted by Gasteiger charge is -2.16. The molecule has 1 N–H and O–H groups in total. The second-order valence-electron chi connectivity index (χ2n) is 7.75. The lowest BCUT2D eigenvalue weighted by atomic mass is 10.1. The van der Waals surface area contributed by atoms with Crippen molar-refractivity contribution in [2.75, 3.05) is 0 Å². The molecule has 0 spiro atoms. The van der Waals surface area contributed by atoms with E-state index in [-0.39, 0.29) is 12.1 Å². The third-order valence-corrected chi connectivity index (χ3v) is 5.44. The first-order chi connectivity index (χ1) is 14.1. The van der Waals surface area contributed by atoms with Crippen LogP contribution in [-0.4, -0.2) is 20.3 Å². The monoisotopic (exact) mass is 418 g/mol. The molecule has 1 amide bonds. The molecular formula is C21H21F3N4O2. The summed E-state index contributed by atoms with van der Waals surface area (Å²) in [5, 5.41) is 7.67. The molecule has 1 aliphatic rings. The zero-order valence-corrected chi connectivity index (χ0v) is 16.5. The van der Waals surface area contributed by atoms with E-state index in [9.17, 15) is 22.8 Å². The number of aryl methyl sites for hydroxylation is 1. The highest BCUT2D eigenvalue weighted by atomic mass is 19.4. The molecule has 30 heavy (non-hydrogen) atoms. The molecule has 158 valence electrons. The molecular weight excluding hydrogens is 397 g/mol. The molecule has 1 atom stereocenters. The second-order valence-corrected chi connectivity index (χ2v) is 7.75. The van der Waals surface area contributed by atoms with Crippen LogP contribution < -0.4 is 10.9 Å². The van der Waals surface area contributed by atoms with Gasteiger partial charge in [0.2, 0.25) is 5.91 Å². The van der Waals surface area contributed by atoms with Crippen molar-refractivity contribution < 1.29 is 18.0 Å². The number of hydrogen-bond donors (Lipinski definition) is 1. The van der Waals surface area contributed by atoms with Crippen molar-refractivity contribution in [3.8, 4) is 0 Å². The van der Waals surface area contributed by atoms with Crippen LogP contribution in [0.5, 0.6) is 0 Å². The number of alkyl halides is 3. The Morgan fingerprint density at radius 1 is 1.27 bits per heavy atom. The van der Waals surface area contributed by atoms with E-state index < -0.39 is 23.7 Å². The van der Waals surface area contributed by atoms with E-state index in [2.05, 4.69) is 10.4 Å². The van der Waals surface area contributed by atoms with Crippen molar-refractivity contribution >= 4 is 16.8 Å². The van der Waals surface area contributed by atoms with Gasteiger partial charge in [-0.3, -0.25) is 9.59 Å². The fourth-order valence-corrected chi connectivity index (χ4v) is 3.67. The first-order valence-corrected chi connectivity index (χ1v) is 9.66. The number of fused-ring (bicyclic) bond motifs is 1. The number of halogens is 3. The Hall–Kier alpha value is -3.10.